The topological polar surface area (TPSA) is 73.8 Å². The Kier molecular flexibility index (Phi) is 5.98. The van der Waals surface area contributed by atoms with Gasteiger partial charge in [0.05, 0.1) is 19.8 Å². The predicted octanol–water partition coefficient (Wildman–Crippen LogP) is 1.07. The fraction of sp³-hybridized carbons (Fsp3) is 0.450. The SMILES string of the molecule is O=C(CN1CCN(c2ncccn2)CC1)Nc1ccc(N2CCOCC2)cc1. The minimum atomic E-state index is 0.0172. The summed E-state index contributed by atoms with van der Waals surface area (Å²) in [5, 5.41) is 3.00. The molecule has 1 aromatic heterocycles. The number of hydrogen-bond donors (Lipinski definition) is 1. The quantitative estimate of drug-likeness (QED) is 0.829. The van der Waals surface area contributed by atoms with E-state index in [1.807, 2.05) is 18.2 Å². The van der Waals surface area contributed by atoms with Gasteiger partial charge >= 0.3 is 0 Å². The maximum atomic E-state index is 12.4. The highest BCUT2D eigenvalue weighted by molar-refractivity contribution is 5.92. The molecule has 3 heterocycles. The van der Waals surface area contributed by atoms with Crippen LogP contribution >= 0.6 is 0 Å². The molecule has 0 unspecified atom stereocenters. The van der Waals surface area contributed by atoms with Crippen LogP contribution in [0, 0.1) is 0 Å². The minimum Gasteiger partial charge on any atom is -0.378 e. The smallest absolute Gasteiger partial charge is 0.238 e. The molecule has 1 amide bonds. The van der Waals surface area contributed by atoms with Crippen molar-refractivity contribution in [3.05, 3.63) is 42.7 Å². The van der Waals surface area contributed by atoms with Crippen LogP contribution in [-0.2, 0) is 9.53 Å². The standard InChI is InChI=1S/C20H26N6O2/c27-19(16-24-8-10-26(11-9-24)20-21-6-1-7-22-20)23-17-2-4-18(5-3-17)25-12-14-28-15-13-25/h1-7H,8-16H2,(H,23,27). The molecule has 0 radical (unpaired) electrons. The summed E-state index contributed by atoms with van der Waals surface area (Å²) in [4.78, 5) is 27.6. The number of morpholine rings is 1. The molecule has 0 aliphatic carbocycles. The number of piperazine rings is 1. The Hall–Kier alpha value is -2.71. The molecule has 2 aliphatic heterocycles. The third-order valence-corrected chi connectivity index (χ3v) is 5.10. The van der Waals surface area contributed by atoms with Crippen molar-refractivity contribution in [3.63, 3.8) is 0 Å². The van der Waals surface area contributed by atoms with Gasteiger partial charge in [-0.05, 0) is 30.3 Å². The second kappa shape index (κ2) is 8.99. The summed E-state index contributed by atoms with van der Waals surface area (Å²) in [5.41, 5.74) is 2.00. The van der Waals surface area contributed by atoms with E-state index in [1.165, 1.54) is 5.69 Å². The molecule has 0 saturated carbocycles. The highest BCUT2D eigenvalue weighted by atomic mass is 16.5. The van der Waals surface area contributed by atoms with E-state index in [0.717, 1.165) is 64.1 Å². The normalized spacial score (nSPS) is 18.1. The third kappa shape index (κ3) is 4.76. The zero-order chi connectivity index (χ0) is 19.2. The minimum absolute atomic E-state index is 0.0172. The summed E-state index contributed by atoms with van der Waals surface area (Å²) in [6.45, 7) is 7.04. The van der Waals surface area contributed by atoms with E-state index in [4.69, 9.17) is 4.74 Å². The lowest BCUT2D eigenvalue weighted by Gasteiger charge is -2.34. The van der Waals surface area contributed by atoms with Crippen molar-refractivity contribution in [2.45, 2.75) is 0 Å². The zero-order valence-corrected chi connectivity index (χ0v) is 16.0. The van der Waals surface area contributed by atoms with Crippen LogP contribution < -0.4 is 15.1 Å². The molecule has 0 bridgehead atoms. The summed E-state index contributed by atoms with van der Waals surface area (Å²) < 4.78 is 5.39. The summed E-state index contributed by atoms with van der Waals surface area (Å²) in [5.74, 6) is 0.774. The van der Waals surface area contributed by atoms with Crippen LogP contribution in [0.3, 0.4) is 0 Å². The van der Waals surface area contributed by atoms with Gasteiger partial charge in [-0.25, -0.2) is 9.97 Å². The Morgan fingerprint density at radius 2 is 1.61 bits per heavy atom. The van der Waals surface area contributed by atoms with Gasteiger partial charge in [0.15, 0.2) is 0 Å². The Morgan fingerprint density at radius 3 is 2.29 bits per heavy atom. The van der Waals surface area contributed by atoms with Gasteiger partial charge in [-0.2, -0.15) is 0 Å². The number of benzene rings is 1. The Bertz CT molecular complexity index is 756. The van der Waals surface area contributed by atoms with Crippen molar-refractivity contribution >= 4 is 23.2 Å². The number of carbonyl (C=O) groups is 1. The first-order valence-corrected chi connectivity index (χ1v) is 9.75. The molecule has 8 nitrogen and oxygen atoms in total. The highest BCUT2D eigenvalue weighted by Crippen LogP contribution is 2.19. The molecule has 0 atom stereocenters. The van der Waals surface area contributed by atoms with Gasteiger partial charge < -0.3 is 19.9 Å². The molecular formula is C20H26N6O2. The van der Waals surface area contributed by atoms with Crippen LogP contribution in [0.4, 0.5) is 17.3 Å². The molecule has 2 aromatic rings. The largest absolute Gasteiger partial charge is 0.378 e. The zero-order valence-electron chi connectivity index (χ0n) is 16.0. The van der Waals surface area contributed by atoms with Crippen LogP contribution in [-0.4, -0.2) is 79.8 Å². The first-order valence-electron chi connectivity index (χ1n) is 9.75. The van der Waals surface area contributed by atoms with E-state index < -0.39 is 0 Å². The fourth-order valence-corrected chi connectivity index (χ4v) is 3.54. The van der Waals surface area contributed by atoms with Crippen LogP contribution in [0.1, 0.15) is 0 Å². The summed E-state index contributed by atoms with van der Waals surface area (Å²) in [7, 11) is 0. The van der Waals surface area contributed by atoms with Gasteiger partial charge in [-0.15, -0.1) is 0 Å². The maximum Gasteiger partial charge on any atom is 0.238 e. The number of ether oxygens (including phenoxy) is 1. The average molecular weight is 382 g/mol. The van der Waals surface area contributed by atoms with Gasteiger partial charge in [0.25, 0.3) is 0 Å². The fourth-order valence-electron chi connectivity index (χ4n) is 3.54. The van der Waals surface area contributed by atoms with Gasteiger partial charge in [0, 0.05) is 63.0 Å². The molecule has 2 aliphatic rings. The highest BCUT2D eigenvalue weighted by Gasteiger charge is 2.20. The monoisotopic (exact) mass is 382 g/mol. The van der Waals surface area contributed by atoms with Crippen LogP contribution in [0.25, 0.3) is 0 Å². The van der Waals surface area contributed by atoms with E-state index >= 15 is 0 Å². The molecule has 2 fully saturated rings. The van der Waals surface area contributed by atoms with Crippen LogP contribution in [0.15, 0.2) is 42.7 Å². The average Bonchev–Trinajstić information content (AvgIpc) is 2.76. The summed E-state index contributed by atoms with van der Waals surface area (Å²) in [6, 6.07) is 9.86. The number of anilines is 3. The summed E-state index contributed by atoms with van der Waals surface area (Å²) in [6.07, 6.45) is 3.51. The number of nitrogens with one attached hydrogen (secondary N) is 1. The predicted molar refractivity (Wildman–Crippen MR) is 109 cm³/mol. The van der Waals surface area contributed by atoms with E-state index in [1.54, 1.807) is 12.4 Å². The molecule has 1 aromatic carbocycles. The Morgan fingerprint density at radius 1 is 0.929 bits per heavy atom. The van der Waals surface area contributed by atoms with Crippen molar-refractivity contribution in [1.82, 2.24) is 14.9 Å². The van der Waals surface area contributed by atoms with Crippen molar-refractivity contribution in [3.8, 4) is 0 Å². The molecule has 148 valence electrons. The molecule has 2 saturated heterocycles. The van der Waals surface area contributed by atoms with Crippen LogP contribution in [0.2, 0.25) is 0 Å². The molecule has 28 heavy (non-hydrogen) atoms. The van der Waals surface area contributed by atoms with E-state index in [2.05, 4.69) is 42.1 Å². The summed E-state index contributed by atoms with van der Waals surface area (Å²) >= 11 is 0. The lowest BCUT2D eigenvalue weighted by Crippen LogP contribution is -2.49. The number of amides is 1. The number of nitrogens with zero attached hydrogens (tertiary/aromatic N) is 5. The molecule has 1 N–H and O–H groups in total. The van der Waals surface area contributed by atoms with Gasteiger partial charge in [-0.1, -0.05) is 0 Å². The first kappa shape index (κ1) is 18.6. The molecule has 8 heteroatoms. The van der Waals surface area contributed by atoms with Crippen molar-refractivity contribution in [2.75, 3.05) is 74.1 Å². The van der Waals surface area contributed by atoms with Crippen molar-refractivity contribution < 1.29 is 9.53 Å². The van der Waals surface area contributed by atoms with E-state index in [0.29, 0.717) is 6.54 Å². The first-order chi connectivity index (χ1) is 13.8. The second-order valence-corrected chi connectivity index (χ2v) is 7.01. The Labute approximate surface area is 165 Å². The van der Waals surface area contributed by atoms with Gasteiger partial charge in [-0.3, -0.25) is 9.69 Å². The number of rotatable bonds is 5. The van der Waals surface area contributed by atoms with Gasteiger partial charge in [0.2, 0.25) is 11.9 Å². The van der Waals surface area contributed by atoms with Gasteiger partial charge in [0.1, 0.15) is 0 Å². The van der Waals surface area contributed by atoms with E-state index in [9.17, 15) is 4.79 Å². The molecule has 0 spiro atoms. The van der Waals surface area contributed by atoms with E-state index in [-0.39, 0.29) is 5.91 Å². The van der Waals surface area contributed by atoms with Crippen molar-refractivity contribution in [2.24, 2.45) is 0 Å². The lowest BCUT2D eigenvalue weighted by molar-refractivity contribution is -0.117. The molecule has 4 rings (SSSR count). The second-order valence-electron chi connectivity index (χ2n) is 7.01. The number of carbonyl (C=O) groups excluding carboxylic acids is 1. The third-order valence-electron chi connectivity index (χ3n) is 5.10. The van der Waals surface area contributed by atoms with Crippen molar-refractivity contribution in [1.29, 1.82) is 0 Å². The molecular weight excluding hydrogens is 356 g/mol. The number of hydrogen-bond acceptors (Lipinski definition) is 7. The number of aromatic nitrogens is 2. The van der Waals surface area contributed by atoms with Crippen LogP contribution in [0.5, 0.6) is 0 Å². The Balaban J connectivity index is 1.23. The maximum absolute atomic E-state index is 12.4. The lowest BCUT2D eigenvalue weighted by atomic mass is 10.2.